The zero-order valence-corrected chi connectivity index (χ0v) is 11.6. The summed E-state index contributed by atoms with van der Waals surface area (Å²) in [5.41, 5.74) is 0. The van der Waals surface area contributed by atoms with Gasteiger partial charge in [-0.2, -0.15) is 0 Å². The number of likely N-dealkylation sites (N-methyl/N-ethyl adjacent to an activating group) is 1. The highest BCUT2D eigenvalue weighted by Gasteiger charge is 2.22. The topological polar surface area (TPSA) is 18.5 Å². The maximum atomic E-state index is 3.43. The van der Waals surface area contributed by atoms with Gasteiger partial charge in [0, 0.05) is 44.8 Å². The second-order valence-electron chi connectivity index (χ2n) is 5.87. The van der Waals surface area contributed by atoms with Crippen LogP contribution in [-0.2, 0) is 0 Å². The third-order valence-electron chi connectivity index (χ3n) is 4.53. The quantitative estimate of drug-likeness (QED) is 0.803. The van der Waals surface area contributed by atoms with Gasteiger partial charge in [0.25, 0.3) is 0 Å². The van der Waals surface area contributed by atoms with Crippen molar-refractivity contribution < 1.29 is 0 Å². The van der Waals surface area contributed by atoms with Crippen molar-refractivity contribution in [1.82, 2.24) is 15.1 Å². The van der Waals surface area contributed by atoms with Gasteiger partial charge in [0.2, 0.25) is 0 Å². The lowest BCUT2D eigenvalue weighted by molar-refractivity contribution is 0.112. The highest BCUT2D eigenvalue weighted by atomic mass is 15.2. The molecule has 2 aliphatic rings. The average molecular weight is 239 g/mol. The summed E-state index contributed by atoms with van der Waals surface area (Å²) in [7, 11) is 2.33. The van der Waals surface area contributed by atoms with E-state index in [1.807, 2.05) is 0 Å². The standard InChI is InChI=1S/C14H29N3/c1-13(17-10-8-15-9-11-17)12-16(2)14-6-4-3-5-7-14/h13-15H,3-12H2,1-2H3. The number of piperazine rings is 1. The first-order valence-electron chi connectivity index (χ1n) is 7.42. The van der Waals surface area contributed by atoms with Gasteiger partial charge in [-0.3, -0.25) is 4.90 Å². The van der Waals surface area contributed by atoms with Crippen LogP contribution < -0.4 is 5.32 Å². The van der Waals surface area contributed by atoms with Crippen molar-refractivity contribution in [2.45, 2.75) is 51.1 Å². The minimum absolute atomic E-state index is 0.712. The van der Waals surface area contributed by atoms with Crippen molar-refractivity contribution >= 4 is 0 Å². The molecule has 0 bridgehead atoms. The van der Waals surface area contributed by atoms with E-state index >= 15 is 0 Å². The average Bonchev–Trinajstić information content (AvgIpc) is 2.40. The lowest BCUT2D eigenvalue weighted by atomic mass is 9.94. The molecule has 0 amide bonds. The molecule has 0 radical (unpaired) electrons. The highest BCUT2D eigenvalue weighted by molar-refractivity contribution is 4.79. The molecule has 1 saturated heterocycles. The van der Waals surface area contributed by atoms with E-state index in [9.17, 15) is 0 Å². The van der Waals surface area contributed by atoms with E-state index in [-0.39, 0.29) is 0 Å². The van der Waals surface area contributed by atoms with E-state index in [1.54, 1.807) is 0 Å². The first kappa shape index (κ1) is 13.3. The van der Waals surface area contributed by atoms with E-state index in [2.05, 4.69) is 29.1 Å². The summed E-state index contributed by atoms with van der Waals surface area (Å²) < 4.78 is 0. The molecule has 1 saturated carbocycles. The molecule has 3 heteroatoms. The molecule has 1 N–H and O–H groups in total. The number of hydrogen-bond acceptors (Lipinski definition) is 3. The molecule has 0 spiro atoms. The maximum absolute atomic E-state index is 3.43. The lowest BCUT2D eigenvalue weighted by Crippen LogP contribution is -2.51. The summed E-state index contributed by atoms with van der Waals surface area (Å²) in [6, 6.07) is 1.57. The smallest absolute Gasteiger partial charge is 0.0195 e. The van der Waals surface area contributed by atoms with Crippen LogP contribution >= 0.6 is 0 Å². The fraction of sp³-hybridized carbons (Fsp3) is 1.00. The number of nitrogens with one attached hydrogen (secondary N) is 1. The Morgan fingerprint density at radius 3 is 2.47 bits per heavy atom. The van der Waals surface area contributed by atoms with Gasteiger partial charge in [-0.05, 0) is 26.8 Å². The Kier molecular flexibility index (Phi) is 5.26. The Morgan fingerprint density at radius 1 is 1.18 bits per heavy atom. The number of nitrogens with zero attached hydrogens (tertiary/aromatic N) is 2. The molecule has 3 nitrogen and oxygen atoms in total. The Balaban J connectivity index is 1.74. The van der Waals surface area contributed by atoms with Gasteiger partial charge in [-0.25, -0.2) is 0 Å². The molecule has 100 valence electrons. The van der Waals surface area contributed by atoms with Gasteiger partial charge < -0.3 is 10.2 Å². The second kappa shape index (κ2) is 6.72. The van der Waals surface area contributed by atoms with Crippen molar-refractivity contribution in [3.63, 3.8) is 0 Å². The summed E-state index contributed by atoms with van der Waals surface area (Å²) in [4.78, 5) is 5.25. The molecule has 2 rings (SSSR count). The molecular weight excluding hydrogens is 210 g/mol. The van der Waals surface area contributed by atoms with Gasteiger partial charge in [0.15, 0.2) is 0 Å². The summed E-state index contributed by atoms with van der Waals surface area (Å²) >= 11 is 0. The first-order valence-corrected chi connectivity index (χ1v) is 7.42. The Labute approximate surface area is 107 Å². The van der Waals surface area contributed by atoms with Gasteiger partial charge in [0.05, 0.1) is 0 Å². The summed E-state index contributed by atoms with van der Waals surface area (Å²) in [6.07, 6.45) is 7.18. The zero-order valence-electron chi connectivity index (χ0n) is 11.6. The number of rotatable bonds is 4. The van der Waals surface area contributed by atoms with Crippen LogP contribution in [0.3, 0.4) is 0 Å². The van der Waals surface area contributed by atoms with Crippen molar-refractivity contribution in [1.29, 1.82) is 0 Å². The van der Waals surface area contributed by atoms with Crippen LogP contribution in [-0.4, -0.2) is 61.7 Å². The third-order valence-corrected chi connectivity index (χ3v) is 4.53. The molecule has 2 fully saturated rings. The normalized spacial score (nSPS) is 26.3. The zero-order chi connectivity index (χ0) is 12.1. The molecule has 1 heterocycles. The maximum Gasteiger partial charge on any atom is 0.0195 e. The molecule has 1 atom stereocenters. The molecule has 0 aromatic carbocycles. The highest BCUT2D eigenvalue weighted by Crippen LogP contribution is 2.22. The van der Waals surface area contributed by atoms with Gasteiger partial charge >= 0.3 is 0 Å². The Bertz CT molecular complexity index is 186. The van der Waals surface area contributed by atoms with E-state index in [1.165, 1.54) is 51.7 Å². The van der Waals surface area contributed by atoms with E-state index < -0.39 is 0 Å². The second-order valence-corrected chi connectivity index (χ2v) is 5.87. The van der Waals surface area contributed by atoms with E-state index in [0.29, 0.717) is 6.04 Å². The minimum Gasteiger partial charge on any atom is -0.314 e. The van der Waals surface area contributed by atoms with Crippen LogP contribution in [0, 0.1) is 0 Å². The third kappa shape index (κ3) is 3.94. The molecule has 0 aromatic rings. The fourth-order valence-electron chi connectivity index (χ4n) is 3.33. The molecule has 0 aromatic heterocycles. The predicted octanol–water partition coefficient (Wildman–Crippen LogP) is 1.54. The van der Waals surface area contributed by atoms with E-state index in [4.69, 9.17) is 0 Å². The van der Waals surface area contributed by atoms with Gasteiger partial charge in [-0.15, -0.1) is 0 Å². The summed E-state index contributed by atoms with van der Waals surface area (Å²) in [5, 5.41) is 3.43. The largest absolute Gasteiger partial charge is 0.314 e. The van der Waals surface area contributed by atoms with Crippen LogP contribution in [0.2, 0.25) is 0 Å². The van der Waals surface area contributed by atoms with Crippen molar-refractivity contribution in [2.24, 2.45) is 0 Å². The van der Waals surface area contributed by atoms with Crippen molar-refractivity contribution in [3.05, 3.63) is 0 Å². The first-order chi connectivity index (χ1) is 8.27. The fourth-order valence-corrected chi connectivity index (χ4v) is 3.33. The van der Waals surface area contributed by atoms with Crippen molar-refractivity contribution in [2.75, 3.05) is 39.8 Å². The molecular formula is C14H29N3. The van der Waals surface area contributed by atoms with Gasteiger partial charge in [-0.1, -0.05) is 19.3 Å². The lowest BCUT2D eigenvalue weighted by Gasteiger charge is -2.38. The van der Waals surface area contributed by atoms with Crippen LogP contribution in [0.4, 0.5) is 0 Å². The van der Waals surface area contributed by atoms with Crippen LogP contribution in [0.25, 0.3) is 0 Å². The molecule has 17 heavy (non-hydrogen) atoms. The molecule has 1 unspecified atom stereocenters. The van der Waals surface area contributed by atoms with Crippen LogP contribution in [0.15, 0.2) is 0 Å². The monoisotopic (exact) mass is 239 g/mol. The SMILES string of the molecule is CC(CN(C)C1CCCCC1)N1CCNCC1. The predicted molar refractivity (Wildman–Crippen MR) is 73.4 cm³/mol. The Morgan fingerprint density at radius 2 is 1.82 bits per heavy atom. The minimum atomic E-state index is 0.712. The molecule has 1 aliphatic heterocycles. The summed E-state index contributed by atoms with van der Waals surface area (Å²) in [6.45, 7) is 8.41. The number of hydrogen-bond donors (Lipinski definition) is 1. The summed E-state index contributed by atoms with van der Waals surface area (Å²) in [5.74, 6) is 0. The van der Waals surface area contributed by atoms with Crippen LogP contribution in [0.5, 0.6) is 0 Å². The van der Waals surface area contributed by atoms with Gasteiger partial charge in [0.1, 0.15) is 0 Å². The Hall–Kier alpha value is -0.120. The van der Waals surface area contributed by atoms with Crippen molar-refractivity contribution in [3.8, 4) is 0 Å². The van der Waals surface area contributed by atoms with Crippen LogP contribution in [0.1, 0.15) is 39.0 Å². The molecule has 1 aliphatic carbocycles. The van der Waals surface area contributed by atoms with E-state index in [0.717, 1.165) is 19.1 Å².